The largest absolute Gasteiger partial charge is 0.380 e. The molecule has 0 saturated heterocycles. The molecule has 0 heterocycles. The van der Waals surface area contributed by atoms with Crippen LogP contribution in [0, 0.1) is 0 Å². The average molecular weight is 286 g/mol. The molecule has 0 unspecified atom stereocenters. The molecule has 1 aromatic carbocycles. The van der Waals surface area contributed by atoms with Crippen LogP contribution in [0.4, 0.5) is 0 Å². The van der Waals surface area contributed by atoms with Gasteiger partial charge in [-0.25, -0.2) is 12.7 Å². The Morgan fingerprint density at radius 3 is 2.26 bits per heavy atom. The second kappa shape index (κ2) is 7.59. The maximum absolute atomic E-state index is 11.5. The molecular weight excluding hydrogens is 264 g/mol. The first kappa shape index (κ1) is 16.1. The smallest absolute Gasteiger partial charge is 0.214 e. The quantitative estimate of drug-likeness (QED) is 0.719. The number of hydrogen-bond donors (Lipinski definition) is 1. The Balaban J connectivity index is 2.34. The lowest BCUT2D eigenvalue weighted by Crippen LogP contribution is -2.30. The van der Waals surface area contributed by atoms with Crippen LogP contribution in [0.2, 0.25) is 0 Å². The van der Waals surface area contributed by atoms with Gasteiger partial charge >= 0.3 is 0 Å². The molecule has 0 fully saturated rings. The van der Waals surface area contributed by atoms with Gasteiger partial charge in [0.2, 0.25) is 10.0 Å². The molecule has 0 aliphatic carbocycles. The summed E-state index contributed by atoms with van der Waals surface area (Å²) in [5, 5.41) is 3.13. The van der Waals surface area contributed by atoms with Crippen molar-refractivity contribution in [1.82, 2.24) is 9.62 Å². The van der Waals surface area contributed by atoms with E-state index in [2.05, 4.69) is 5.32 Å². The fraction of sp³-hybridized carbons (Fsp3) is 0.538. The van der Waals surface area contributed by atoms with Crippen LogP contribution in [0.1, 0.15) is 11.1 Å². The van der Waals surface area contributed by atoms with E-state index in [0.717, 1.165) is 11.1 Å². The van der Waals surface area contributed by atoms with Crippen molar-refractivity contribution in [3.05, 3.63) is 35.4 Å². The molecule has 19 heavy (non-hydrogen) atoms. The van der Waals surface area contributed by atoms with Crippen molar-refractivity contribution in [2.24, 2.45) is 0 Å². The fourth-order valence-corrected chi connectivity index (χ4v) is 2.30. The lowest BCUT2D eigenvalue weighted by atomic mass is 10.1. The second-order valence-electron chi connectivity index (χ2n) is 4.52. The van der Waals surface area contributed by atoms with Crippen LogP contribution >= 0.6 is 0 Å². The summed E-state index contributed by atoms with van der Waals surface area (Å²) in [7, 11) is 1.65. The van der Waals surface area contributed by atoms with E-state index >= 15 is 0 Å². The van der Waals surface area contributed by atoms with E-state index in [1.54, 1.807) is 21.2 Å². The summed E-state index contributed by atoms with van der Waals surface area (Å²) in [5.74, 6) is 0.113. The third-order valence-corrected chi connectivity index (χ3v) is 4.59. The molecule has 5 nitrogen and oxygen atoms in total. The maximum atomic E-state index is 11.5. The molecule has 1 aromatic rings. The van der Waals surface area contributed by atoms with Gasteiger partial charge < -0.3 is 10.1 Å². The monoisotopic (exact) mass is 286 g/mol. The number of nitrogens with zero attached hydrogens (tertiary/aromatic N) is 1. The highest BCUT2D eigenvalue weighted by molar-refractivity contribution is 7.89. The van der Waals surface area contributed by atoms with Gasteiger partial charge in [-0.1, -0.05) is 24.3 Å². The molecule has 0 aliphatic heterocycles. The van der Waals surface area contributed by atoms with Gasteiger partial charge in [0.1, 0.15) is 0 Å². The first-order chi connectivity index (χ1) is 8.95. The molecule has 0 amide bonds. The number of sulfonamides is 1. The number of rotatable bonds is 8. The van der Waals surface area contributed by atoms with Crippen LogP contribution in [0.15, 0.2) is 24.3 Å². The minimum Gasteiger partial charge on any atom is -0.380 e. The van der Waals surface area contributed by atoms with E-state index < -0.39 is 10.0 Å². The van der Waals surface area contributed by atoms with Crippen LogP contribution in [0.3, 0.4) is 0 Å². The Labute approximate surface area is 115 Å². The molecule has 0 bridgehead atoms. The first-order valence-electron chi connectivity index (χ1n) is 6.13. The number of benzene rings is 1. The van der Waals surface area contributed by atoms with Crippen molar-refractivity contribution in [2.75, 3.05) is 33.5 Å². The highest BCUT2D eigenvalue weighted by Gasteiger charge is 2.12. The van der Waals surface area contributed by atoms with E-state index in [9.17, 15) is 8.42 Å². The highest BCUT2D eigenvalue weighted by Crippen LogP contribution is 2.05. The fourth-order valence-electron chi connectivity index (χ4n) is 1.54. The average Bonchev–Trinajstić information content (AvgIpc) is 2.37. The zero-order valence-electron chi connectivity index (χ0n) is 11.7. The minimum atomic E-state index is -3.11. The van der Waals surface area contributed by atoms with Gasteiger partial charge in [0, 0.05) is 34.3 Å². The molecule has 1 rings (SSSR count). The molecule has 0 atom stereocenters. The lowest BCUT2D eigenvalue weighted by Gasteiger charge is -2.11. The maximum Gasteiger partial charge on any atom is 0.214 e. The van der Waals surface area contributed by atoms with Crippen molar-refractivity contribution in [3.8, 4) is 0 Å². The second-order valence-corrected chi connectivity index (χ2v) is 6.83. The highest BCUT2D eigenvalue weighted by atomic mass is 32.2. The molecule has 0 aliphatic rings. The molecular formula is C13H22N2O3S. The van der Waals surface area contributed by atoms with Gasteiger partial charge in [-0.3, -0.25) is 0 Å². The molecule has 0 spiro atoms. The predicted octanol–water partition coefficient (Wildman–Crippen LogP) is 0.814. The van der Waals surface area contributed by atoms with E-state index in [1.807, 2.05) is 24.3 Å². The van der Waals surface area contributed by atoms with Gasteiger partial charge in [0.15, 0.2) is 0 Å². The summed E-state index contributed by atoms with van der Waals surface area (Å²) < 4.78 is 29.3. The number of ether oxygens (including phenoxy) is 1. The molecule has 6 heteroatoms. The Hall–Kier alpha value is -0.950. The van der Waals surface area contributed by atoms with Gasteiger partial charge in [-0.15, -0.1) is 0 Å². The van der Waals surface area contributed by atoms with Crippen LogP contribution in [0.5, 0.6) is 0 Å². The van der Waals surface area contributed by atoms with Crippen molar-refractivity contribution in [2.45, 2.75) is 13.2 Å². The van der Waals surface area contributed by atoms with Crippen LogP contribution < -0.4 is 5.32 Å². The SMILES string of the molecule is COCc1ccc(CNCCS(=O)(=O)N(C)C)cc1. The molecule has 0 aromatic heterocycles. The van der Waals surface area contributed by atoms with Crippen LogP contribution in [-0.2, 0) is 27.9 Å². The van der Waals surface area contributed by atoms with Crippen molar-refractivity contribution >= 4 is 10.0 Å². The van der Waals surface area contributed by atoms with E-state index in [4.69, 9.17) is 4.74 Å². The normalized spacial score (nSPS) is 12.0. The number of methoxy groups -OCH3 is 1. The summed E-state index contributed by atoms with van der Waals surface area (Å²) >= 11 is 0. The Kier molecular flexibility index (Phi) is 6.44. The van der Waals surface area contributed by atoms with Gasteiger partial charge in [0.05, 0.1) is 12.4 Å². The van der Waals surface area contributed by atoms with Crippen molar-refractivity contribution in [1.29, 1.82) is 0 Å². The Bertz CT molecular complexity index is 469. The number of nitrogens with one attached hydrogen (secondary N) is 1. The summed E-state index contributed by atoms with van der Waals surface area (Å²) in [6, 6.07) is 8.05. The van der Waals surface area contributed by atoms with Gasteiger partial charge in [-0.2, -0.15) is 0 Å². The van der Waals surface area contributed by atoms with Crippen molar-refractivity contribution < 1.29 is 13.2 Å². The Morgan fingerprint density at radius 1 is 1.16 bits per heavy atom. The predicted molar refractivity (Wildman–Crippen MR) is 76.3 cm³/mol. The summed E-state index contributed by atoms with van der Waals surface area (Å²) in [6.07, 6.45) is 0. The number of hydrogen-bond acceptors (Lipinski definition) is 4. The third-order valence-electron chi connectivity index (χ3n) is 2.76. The summed E-state index contributed by atoms with van der Waals surface area (Å²) in [6.45, 7) is 1.71. The molecule has 0 saturated carbocycles. The molecule has 0 radical (unpaired) electrons. The Morgan fingerprint density at radius 2 is 1.74 bits per heavy atom. The van der Waals surface area contributed by atoms with Crippen LogP contribution in [-0.4, -0.2) is 46.2 Å². The van der Waals surface area contributed by atoms with Gasteiger partial charge in [0.25, 0.3) is 0 Å². The van der Waals surface area contributed by atoms with E-state index in [0.29, 0.717) is 19.7 Å². The summed E-state index contributed by atoms with van der Waals surface area (Å²) in [5.41, 5.74) is 2.25. The van der Waals surface area contributed by atoms with Crippen molar-refractivity contribution in [3.63, 3.8) is 0 Å². The van der Waals surface area contributed by atoms with E-state index in [1.165, 1.54) is 4.31 Å². The minimum absolute atomic E-state index is 0.113. The standard InChI is InChI=1S/C13H22N2O3S/c1-15(2)19(16,17)9-8-14-10-12-4-6-13(7-5-12)11-18-3/h4-7,14H,8-11H2,1-3H3. The zero-order chi connectivity index (χ0) is 14.3. The molecule has 1 N–H and O–H groups in total. The van der Waals surface area contributed by atoms with Gasteiger partial charge in [-0.05, 0) is 11.1 Å². The first-order valence-corrected chi connectivity index (χ1v) is 7.74. The zero-order valence-corrected chi connectivity index (χ0v) is 12.5. The van der Waals surface area contributed by atoms with E-state index in [-0.39, 0.29) is 5.75 Å². The molecule has 108 valence electrons. The third kappa shape index (κ3) is 5.69. The van der Waals surface area contributed by atoms with Crippen LogP contribution in [0.25, 0.3) is 0 Å². The summed E-state index contributed by atoms with van der Waals surface area (Å²) in [4.78, 5) is 0. The lowest BCUT2D eigenvalue weighted by molar-refractivity contribution is 0.185. The topological polar surface area (TPSA) is 58.6 Å².